The molecule has 0 radical (unpaired) electrons. The van der Waals surface area contributed by atoms with Gasteiger partial charge >= 0.3 is 0 Å². The number of rotatable bonds is 6. The van der Waals surface area contributed by atoms with Gasteiger partial charge in [0.2, 0.25) is 0 Å². The first-order valence-corrected chi connectivity index (χ1v) is 22.7. The Morgan fingerprint density at radius 3 is 1.16 bits per heavy atom. The van der Waals surface area contributed by atoms with Crippen LogP contribution in [0, 0.1) is 0 Å². The molecule has 0 heterocycles. The van der Waals surface area contributed by atoms with Crippen LogP contribution in [0.4, 0.5) is 17.1 Å². The van der Waals surface area contributed by atoms with E-state index in [-0.39, 0.29) is 27.1 Å². The van der Waals surface area contributed by atoms with Crippen molar-refractivity contribution in [2.45, 2.75) is 124 Å². The van der Waals surface area contributed by atoms with Crippen LogP contribution < -0.4 is 4.90 Å². The maximum atomic E-state index is 2.43. The zero-order chi connectivity index (χ0) is 44.6. The van der Waals surface area contributed by atoms with E-state index in [1.54, 1.807) is 0 Å². The van der Waals surface area contributed by atoms with Crippen molar-refractivity contribution in [3.8, 4) is 44.5 Å². The largest absolute Gasteiger partial charge is 0.310 e. The van der Waals surface area contributed by atoms with E-state index in [1.807, 2.05) is 0 Å². The molecule has 0 saturated carbocycles. The molecule has 1 nitrogen and oxygen atoms in total. The fourth-order valence-corrected chi connectivity index (χ4v) is 9.10. The molecule has 0 aromatic heterocycles. The zero-order valence-electron chi connectivity index (χ0n) is 39.9. The molecule has 0 spiro atoms. The van der Waals surface area contributed by atoms with Crippen LogP contribution in [-0.2, 0) is 27.1 Å². The molecular weight excluding hydrogens is 747 g/mol. The molecule has 0 saturated heterocycles. The molecule has 7 aromatic rings. The van der Waals surface area contributed by atoms with E-state index in [0.29, 0.717) is 0 Å². The van der Waals surface area contributed by atoms with Crippen molar-refractivity contribution in [3.63, 3.8) is 0 Å². The van der Waals surface area contributed by atoms with Gasteiger partial charge in [0.05, 0.1) is 0 Å². The lowest BCUT2D eigenvalue weighted by molar-refractivity contribution is 0.569. The molecule has 62 heavy (non-hydrogen) atoms. The van der Waals surface area contributed by atoms with Crippen LogP contribution in [-0.4, -0.2) is 0 Å². The number of hydrogen-bond acceptors (Lipinski definition) is 1. The first-order chi connectivity index (χ1) is 29.0. The molecule has 0 N–H and O–H groups in total. The number of nitrogens with zero attached hydrogens (tertiary/aromatic N) is 1. The molecule has 8 rings (SSSR count). The van der Waals surface area contributed by atoms with Gasteiger partial charge in [0.1, 0.15) is 0 Å². The Morgan fingerprint density at radius 1 is 0.306 bits per heavy atom. The first kappa shape index (κ1) is 43.0. The molecule has 1 aliphatic rings. The number of benzene rings is 7. The van der Waals surface area contributed by atoms with E-state index in [1.165, 1.54) is 77.9 Å². The maximum Gasteiger partial charge on any atom is 0.0465 e. The summed E-state index contributed by atoms with van der Waals surface area (Å²) in [6.07, 6.45) is 0. The Kier molecular flexibility index (Phi) is 10.6. The van der Waals surface area contributed by atoms with Gasteiger partial charge in [-0.05, 0) is 142 Å². The second-order valence-corrected chi connectivity index (χ2v) is 22.5. The van der Waals surface area contributed by atoms with Crippen LogP contribution in [0.15, 0.2) is 152 Å². The molecule has 0 fully saturated rings. The van der Waals surface area contributed by atoms with E-state index in [0.717, 1.165) is 17.1 Å². The Hall–Kier alpha value is -5.66. The minimum atomic E-state index is -0.101. The van der Waals surface area contributed by atoms with Crippen LogP contribution in [0.3, 0.4) is 0 Å². The Labute approximate surface area is 373 Å². The van der Waals surface area contributed by atoms with E-state index in [2.05, 4.69) is 253 Å². The number of anilines is 3. The Balaban J connectivity index is 1.23. The summed E-state index contributed by atoms with van der Waals surface area (Å²) in [6.45, 7) is 32.4. The fourth-order valence-electron chi connectivity index (χ4n) is 9.10. The molecule has 0 bridgehead atoms. The summed E-state index contributed by atoms with van der Waals surface area (Å²) in [6, 6.07) is 57.9. The summed E-state index contributed by atoms with van der Waals surface area (Å²) in [5.74, 6) is 0. The minimum Gasteiger partial charge on any atom is -0.310 e. The van der Waals surface area contributed by atoms with Crippen molar-refractivity contribution < 1.29 is 0 Å². The summed E-state index contributed by atoms with van der Waals surface area (Å²) in [5.41, 5.74) is 21.8. The molecule has 7 aromatic carbocycles. The molecule has 1 heteroatoms. The zero-order valence-corrected chi connectivity index (χ0v) is 39.9. The van der Waals surface area contributed by atoms with Crippen LogP contribution in [0.1, 0.15) is 130 Å². The monoisotopic (exact) mass is 814 g/mol. The lowest BCUT2D eigenvalue weighted by Gasteiger charge is -2.28. The lowest BCUT2D eigenvalue weighted by Crippen LogP contribution is -2.16. The SMILES string of the molecule is CC(C)(C)c1ccc(-c2ccc(N(c3ccc(-c4cc(-c5cc(C(C)(C)C)cc(C(C)(C)C)c5)cc(C(C)(C)C)c4)cc3)c3ccc4c(c3)C(C)(C)c3ccccc3-4)cc2)cc1. The second kappa shape index (κ2) is 15.3. The van der Waals surface area contributed by atoms with Crippen LogP contribution in [0.2, 0.25) is 0 Å². The summed E-state index contributed by atoms with van der Waals surface area (Å²) in [4.78, 5) is 2.43. The standard InChI is InChI=1S/C61H67N/c1-57(2,3)46-25-19-40(20-26-46)41-21-27-50(28-22-41)62(52-31-32-54-53-17-15-16-18-55(53)61(13,14)56(54)39-52)51-29-23-42(24-30-51)43-33-44(35-47(34-43)58(4,5)6)45-36-48(59(7,8)9)38-49(37-45)60(10,11)12/h15-39H,1-14H3. The molecule has 0 amide bonds. The average molecular weight is 814 g/mol. The summed E-state index contributed by atoms with van der Waals surface area (Å²) in [5, 5.41) is 0. The molecule has 0 aliphatic heterocycles. The first-order valence-electron chi connectivity index (χ1n) is 22.7. The third kappa shape index (κ3) is 8.32. The predicted molar refractivity (Wildman–Crippen MR) is 270 cm³/mol. The summed E-state index contributed by atoms with van der Waals surface area (Å²) in [7, 11) is 0. The van der Waals surface area contributed by atoms with E-state index in [9.17, 15) is 0 Å². The van der Waals surface area contributed by atoms with E-state index < -0.39 is 0 Å². The lowest BCUT2D eigenvalue weighted by atomic mass is 9.78. The Morgan fingerprint density at radius 2 is 0.677 bits per heavy atom. The minimum absolute atomic E-state index is 0.0161. The van der Waals surface area contributed by atoms with E-state index >= 15 is 0 Å². The van der Waals surface area contributed by atoms with Gasteiger partial charge in [-0.1, -0.05) is 206 Å². The van der Waals surface area contributed by atoms with Crippen LogP contribution in [0.25, 0.3) is 44.5 Å². The highest BCUT2D eigenvalue weighted by Crippen LogP contribution is 2.51. The van der Waals surface area contributed by atoms with Gasteiger partial charge in [-0.15, -0.1) is 0 Å². The van der Waals surface area contributed by atoms with Crippen molar-refractivity contribution in [2.75, 3.05) is 4.90 Å². The average Bonchev–Trinajstić information content (AvgIpc) is 3.45. The smallest absolute Gasteiger partial charge is 0.0465 e. The van der Waals surface area contributed by atoms with Gasteiger partial charge in [-0.3, -0.25) is 0 Å². The molecule has 0 atom stereocenters. The molecule has 1 aliphatic carbocycles. The van der Waals surface area contributed by atoms with Gasteiger partial charge in [0.25, 0.3) is 0 Å². The predicted octanol–water partition coefficient (Wildman–Crippen LogP) is 17.7. The molecular formula is C61H67N. The van der Waals surface area contributed by atoms with Gasteiger partial charge in [0, 0.05) is 22.5 Å². The van der Waals surface area contributed by atoms with Crippen molar-refractivity contribution >= 4 is 17.1 Å². The van der Waals surface area contributed by atoms with Crippen molar-refractivity contribution in [1.82, 2.24) is 0 Å². The third-order valence-corrected chi connectivity index (χ3v) is 13.3. The quantitative estimate of drug-likeness (QED) is 0.162. The van der Waals surface area contributed by atoms with Crippen LogP contribution in [0.5, 0.6) is 0 Å². The van der Waals surface area contributed by atoms with Crippen molar-refractivity contribution in [1.29, 1.82) is 0 Å². The van der Waals surface area contributed by atoms with Gasteiger partial charge in [-0.2, -0.15) is 0 Å². The highest BCUT2D eigenvalue weighted by molar-refractivity contribution is 5.86. The maximum absolute atomic E-state index is 2.43. The third-order valence-electron chi connectivity index (χ3n) is 13.3. The van der Waals surface area contributed by atoms with Gasteiger partial charge in [0.15, 0.2) is 0 Å². The highest BCUT2D eigenvalue weighted by Gasteiger charge is 2.36. The number of hydrogen-bond donors (Lipinski definition) is 0. The highest BCUT2D eigenvalue weighted by atomic mass is 15.1. The Bertz CT molecular complexity index is 2720. The van der Waals surface area contributed by atoms with Gasteiger partial charge in [-0.25, -0.2) is 0 Å². The van der Waals surface area contributed by atoms with Crippen molar-refractivity contribution in [2.24, 2.45) is 0 Å². The fraction of sp³-hybridized carbons (Fsp3) is 0.311. The normalized spacial score (nSPS) is 13.8. The molecule has 0 unspecified atom stereocenters. The number of fused-ring (bicyclic) bond motifs is 3. The van der Waals surface area contributed by atoms with Crippen molar-refractivity contribution in [3.05, 3.63) is 185 Å². The summed E-state index contributed by atoms with van der Waals surface area (Å²) >= 11 is 0. The molecule has 316 valence electrons. The van der Waals surface area contributed by atoms with Crippen LogP contribution >= 0.6 is 0 Å². The van der Waals surface area contributed by atoms with Gasteiger partial charge < -0.3 is 4.90 Å². The second-order valence-electron chi connectivity index (χ2n) is 22.5. The topological polar surface area (TPSA) is 3.24 Å². The summed E-state index contributed by atoms with van der Waals surface area (Å²) < 4.78 is 0. The van der Waals surface area contributed by atoms with E-state index in [4.69, 9.17) is 0 Å².